The van der Waals surface area contributed by atoms with Gasteiger partial charge < -0.3 is 5.73 Å². The van der Waals surface area contributed by atoms with E-state index in [1.165, 1.54) is 12.1 Å². The van der Waals surface area contributed by atoms with E-state index in [1.54, 1.807) is 6.92 Å². The van der Waals surface area contributed by atoms with E-state index in [1.807, 2.05) is 13.8 Å². The van der Waals surface area contributed by atoms with E-state index in [4.69, 9.17) is 17.3 Å². The van der Waals surface area contributed by atoms with Crippen molar-refractivity contribution in [3.05, 3.63) is 34.6 Å². The fraction of sp³-hybridized carbons (Fsp3) is 0.571. The fourth-order valence-corrected chi connectivity index (χ4v) is 4.14. The van der Waals surface area contributed by atoms with Crippen LogP contribution < -0.4 is 10.5 Å². The summed E-state index contributed by atoms with van der Waals surface area (Å²) in [5, 5.41) is -0.0912. The maximum atomic E-state index is 13.1. The van der Waals surface area contributed by atoms with Crippen molar-refractivity contribution in [2.45, 2.75) is 38.5 Å². The molecule has 0 fully saturated rings. The summed E-state index contributed by atoms with van der Waals surface area (Å²) in [4.78, 5) is 0. The Kier molecular flexibility index (Phi) is 6.16. The first kappa shape index (κ1) is 18.4. The molecule has 21 heavy (non-hydrogen) atoms. The van der Waals surface area contributed by atoms with Gasteiger partial charge in [0, 0.05) is 12.1 Å². The Labute approximate surface area is 130 Å². The first-order valence-electron chi connectivity index (χ1n) is 6.72. The Bertz CT molecular complexity index is 593. The van der Waals surface area contributed by atoms with Crippen molar-refractivity contribution in [1.82, 2.24) is 4.72 Å². The summed E-state index contributed by atoms with van der Waals surface area (Å²) in [5.41, 5.74) is 5.43. The fourth-order valence-electron chi connectivity index (χ4n) is 2.33. The number of hydrogen-bond donors (Lipinski definition) is 2. The summed E-state index contributed by atoms with van der Waals surface area (Å²) in [6, 6.07) is 3.88. The second-order valence-corrected chi connectivity index (χ2v) is 8.10. The molecule has 1 aromatic carbocycles. The number of sulfonamides is 1. The molecule has 0 aliphatic rings. The lowest BCUT2D eigenvalue weighted by Gasteiger charge is -2.30. The van der Waals surface area contributed by atoms with E-state index in [0.29, 0.717) is 17.9 Å². The van der Waals surface area contributed by atoms with E-state index >= 15 is 0 Å². The molecule has 0 radical (unpaired) electrons. The van der Waals surface area contributed by atoms with E-state index in [9.17, 15) is 12.8 Å². The molecule has 0 aromatic heterocycles. The lowest BCUT2D eigenvalue weighted by Crippen LogP contribution is -2.52. The molecule has 0 aliphatic carbocycles. The highest BCUT2D eigenvalue weighted by Gasteiger charge is 2.29. The summed E-state index contributed by atoms with van der Waals surface area (Å²) in [6.07, 6.45) is 0.632. The predicted molar refractivity (Wildman–Crippen MR) is 84.1 cm³/mol. The highest BCUT2D eigenvalue weighted by molar-refractivity contribution is 7.88. The van der Waals surface area contributed by atoms with E-state index in [0.717, 1.165) is 6.07 Å². The molecule has 1 rings (SSSR count). The quantitative estimate of drug-likeness (QED) is 0.804. The highest BCUT2D eigenvalue weighted by atomic mass is 35.5. The largest absolute Gasteiger partial charge is 0.329 e. The highest BCUT2D eigenvalue weighted by Crippen LogP contribution is 2.20. The van der Waals surface area contributed by atoms with Crippen LogP contribution in [0, 0.1) is 11.7 Å². The van der Waals surface area contributed by atoms with Crippen LogP contribution >= 0.6 is 11.6 Å². The lowest BCUT2D eigenvalue weighted by molar-refractivity contribution is 0.344. The van der Waals surface area contributed by atoms with Gasteiger partial charge in [0.1, 0.15) is 5.82 Å². The van der Waals surface area contributed by atoms with Gasteiger partial charge in [-0.05, 0) is 37.0 Å². The monoisotopic (exact) mass is 336 g/mol. The number of hydrogen-bond acceptors (Lipinski definition) is 3. The van der Waals surface area contributed by atoms with Crippen molar-refractivity contribution in [2.75, 3.05) is 6.54 Å². The van der Waals surface area contributed by atoms with Crippen molar-refractivity contribution in [1.29, 1.82) is 0 Å². The van der Waals surface area contributed by atoms with Crippen LogP contribution in [0.1, 0.15) is 32.8 Å². The van der Waals surface area contributed by atoms with Crippen LogP contribution in [-0.4, -0.2) is 20.5 Å². The molecular weight excluding hydrogens is 315 g/mol. The van der Waals surface area contributed by atoms with Gasteiger partial charge in [-0.15, -0.1) is 0 Å². The number of rotatable bonds is 7. The van der Waals surface area contributed by atoms with Gasteiger partial charge in [0.15, 0.2) is 0 Å². The molecule has 0 bridgehead atoms. The van der Waals surface area contributed by atoms with Gasteiger partial charge in [0.25, 0.3) is 0 Å². The van der Waals surface area contributed by atoms with E-state index < -0.39 is 21.4 Å². The number of halogens is 2. The molecule has 7 heteroatoms. The molecular formula is C14H22ClFN2O2S. The summed E-state index contributed by atoms with van der Waals surface area (Å²) in [5.74, 6) is -0.528. The Morgan fingerprint density at radius 2 is 2.05 bits per heavy atom. The topological polar surface area (TPSA) is 72.2 Å². The predicted octanol–water partition coefficient (Wildman–Crippen LogP) is 2.66. The van der Waals surface area contributed by atoms with Crippen molar-refractivity contribution in [3.8, 4) is 0 Å². The number of nitrogens with one attached hydrogen (secondary N) is 1. The molecule has 0 amide bonds. The molecule has 1 unspecified atom stereocenters. The van der Waals surface area contributed by atoms with Crippen LogP contribution in [0.2, 0.25) is 5.02 Å². The average molecular weight is 337 g/mol. The molecule has 0 saturated heterocycles. The van der Waals surface area contributed by atoms with Gasteiger partial charge in [-0.2, -0.15) is 0 Å². The van der Waals surface area contributed by atoms with E-state index in [2.05, 4.69) is 4.72 Å². The molecule has 0 aliphatic heterocycles. The Balaban J connectivity index is 2.88. The van der Waals surface area contributed by atoms with Gasteiger partial charge >= 0.3 is 0 Å². The summed E-state index contributed by atoms with van der Waals surface area (Å²) >= 11 is 5.66. The first-order chi connectivity index (χ1) is 9.57. The third kappa shape index (κ3) is 5.90. The molecule has 1 atom stereocenters. The minimum atomic E-state index is -3.59. The normalized spacial score (nSPS) is 15.2. The van der Waals surface area contributed by atoms with Gasteiger partial charge in [-0.3, -0.25) is 0 Å². The van der Waals surface area contributed by atoms with Crippen LogP contribution in [0.15, 0.2) is 18.2 Å². The summed E-state index contributed by atoms with van der Waals surface area (Å²) < 4.78 is 40.2. The summed E-state index contributed by atoms with van der Waals surface area (Å²) in [6.45, 7) is 5.99. The first-order valence-corrected chi connectivity index (χ1v) is 8.75. The molecule has 0 saturated carbocycles. The van der Waals surface area contributed by atoms with E-state index in [-0.39, 0.29) is 17.3 Å². The molecule has 0 heterocycles. The lowest BCUT2D eigenvalue weighted by atomic mass is 9.92. The zero-order chi connectivity index (χ0) is 16.3. The van der Waals surface area contributed by atoms with Crippen LogP contribution in [0.5, 0.6) is 0 Å². The minimum absolute atomic E-state index is 0.0912. The van der Waals surface area contributed by atoms with Gasteiger partial charge in [-0.1, -0.05) is 31.5 Å². The Morgan fingerprint density at radius 3 is 2.52 bits per heavy atom. The summed E-state index contributed by atoms with van der Waals surface area (Å²) in [7, 11) is -3.59. The van der Waals surface area contributed by atoms with Gasteiger partial charge in [0.2, 0.25) is 10.0 Å². The van der Waals surface area contributed by atoms with Gasteiger partial charge in [0.05, 0.1) is 10.8 Å². The van der Waals surface area contributed by atoms with Crippen molar-refractivity contribution >= 4 is 21.6 Å². The molecule has 3 N–H and O–H groups in total. The van der Waals surface area contributed by atoms with Crippen LogP contribution in [0.3, 0.4) is 0 Å². The zero-order valence-corrected chi connectivity index (χ0v) is 14.1. The van der Waals surface area contributed by atoms with Crippen LogP contribution in [-0.2, 0) is 15.8 Å². The van der Waals surface area contributed by atoms with Crippen LogP contribution in [0.25, 0.3) is 0 Å². The molecule has 4 nitrogen and oxygen atoms in total. The minimum Gasteiger partial charge on any atom is -0.329 e. The van der Waals surface area contributed by atoms with Crippen molar-refractivity contribution in [2.24, 2.45) is 11.7 Å². The van der Waals surface area contributed by atoms with Crippen molar-refractivity contribution < 1.29 is 12.8 Å². The van der Waals surface area contributed by atoms with Crippen LogP contribution in [0.4, 0.5) is 4.39 Å². The standard InChI is InChI=1S/C14H22ClFN2O2S/c1-10(2)7-14(3,9-17)18-21(19,20)8-11-4-5-13(16)12(15)6-11/h4-6,10,18H,7-9,17H2,1-3H3. The van der Waals surface area contributed by atoms with Gasteiger partial charge in [-0.25, -0.2) is 17.5 Å². The molecule has 1 aromatic rings. The molecule has 0 spiro atoms. The van der Waals surface area contributed by atoms with Crippen molar-refractivity contribution in [3.63, 3.8) is 0 Å². The maximum absolute atomic E-state index is 13.1. The smallest absolute Gasteiger partial charge is 0.216 e. The zero-order valence-electron chi connectivity index (χ0n) is 12.5. The average Bonchev–Trinajstić information content (AvgIpc) is 2.31. The Hall–Kier alpha value is -0.690. The second kappa shape index (κ2) is 7.05. The SMILES string of the molecule is CC(C)CC(C)(CN)NS(=O)(=O)Cc1ccc(F)c(Cl)c1. The number of nitrogens with two attached hydrogens (primary N) is 1. The third-order valence-corrected chi connectivity index (χ3v) is 4.86. The molecule has 120 valence electrons. The second-order valence-electron chi connectivity index (χ2n) is 5.97. The number of benzene rings is 1. The maximum Gasteiger partial charge on any atom is 0.216 e. The third-order valence-electron chi connectivity index (χ3n) is 3.05. The Morgan fingerprint density at radius 1 is 1.43 bits per heavy atom.